The molecule has 0 N–H and O–H groups in total. The van der Waals surface area contributed by atoms with Crippen LogP contribution in [0.4, 0.5) is 14.5 Å². The van der Waals surface area contributed by atoms with Gasteiger partial charge in [0.05, 0.1) is 11.6 Å². The van der Waals surface area contributed by atoms with Crippen LogP contribution in [-0.2, 0) is 12.4 Å². The van der Waals surface area contributed by atoms with Gasteiger partial charge in [-0.3, -0.25) is 0 Å². The zero-order valence-corrected chi connectivity index (χ0v) is 12.2. The summed E-state index contributed by atoms with van der Waals surface area (Å²) >= 11 is 5.59. The second kappa shape index (κ2) is 6.55. The Morgan fingerprint density at radius 2 is 1.81 bits per heavy atom. The van der Waals surface area contributed by atoms with Gasteiger partial charge < -0.3 is 4.90 Å². The highest BCUT2D eigenvalue weighted by atomic mass is 35.5. The predicted octanol–water partition coefficient (Wildman–Crippen LogP) is 4.21. The van der Waals surface area contributed by atoms with Crippen LogP contribution in [0, 0.1) is 23.0 Å². The maximum atomic E-state index is 14.0. The molecule has 0 aliphatic carbocycles. The molecule has 0 fully saturated rings. The summed E-state index contributed by atoms with van der Waals surface area (Å²) in [7, 11) is 1.60. The van der Waals surface area contributed by atoms with Crippen LogP contribution in [0.1, 0.15) is 16.7 Å². The monoisotopic (exact) mass is 306 g/mol. The Bertz CT molecular complexity index is 672. The summed E-state index contributed by atoms with van der Waals surface area (Å²) in [5.74, 6) is -1.24. The molecule has 0 bridgehead atoms. The van der Waals surface area contributed by atoms with Gasteiger partial charge in [-0.15, -0.1) is 11.6 Å². The van der Waals surface area contributed by atoms with Crippen LogP contribution < -0.4 is 4.90 Å². The molecular formula is C16H13ClF2N2. The first kappa shape index (κ1) is 15.3. The highest BCUT2D eigenvalue weighted by Crippen LogP contribution is 2.26. The van der Waals surface area contributed by atoms with E-state index in [-0.39, 0.29) is 11.6 Å². The number of hydrogen-bond donors (Lipinski definition) is 0. The van der Waals surface area contributed by atoms with E-state index in [4.69, 9.17) is 16.9 Å². The van der Waals surface area contributed by atoms with E-state index >= 15 is 0 Å². The molecule has 0 aliphatic heterocycles. The van der Waals surface area contributed by atoms with Crippen LogP contribution in [0.3, 0.4) is 0 Å². The zero-order chi connectivity index (χ0) is 15.4. The molecule has 2 aromatic carbocycles. The highest BCUT2D eigenvalue weighted by Gasteiger charge is 2.15. The van der Waals surface area contributed by atoms with Crippen LogP contribution >= 0.6 is 11.6 Å². The average Bonchev–Trinajstić information content (AvgIpc) is 2.46. The molecule has 0 saturated heterocycles. The van der Waals surface area contributed by atoms with Gasteiger partial charge in [0.25, 0.3) is 0 Å². The number of anilines is 1. The lowest BCUT2D eigenvalue weighted by molar-refractivity contribution is 0.574. The molecule has 0 heterocycles. The van der Waals surface area contributed by atoms with Crippen LogP contribution in [0.15, 0.2) is 36.4 Å². The van der Waals surface area contributed by atoms with E-state index in [2.05, 4.69) is 0 Å². The predicted molar refractivity (Wildman–Crippen MR) is 79.2 cm³/mol. The topological polar surface area (TPSA) is 27.0 Å². The molecule has 0 unspecified atom stereocenters. The van der Waals surface area contributed by atoms with Crippen molar-refractivity contribution in [1.82, 2.24) is 0 Å². The molecule has 0 saturated carbocycles. The molecule has 0 amide bonds. The Morgan fingerprint density at radius 3 is 2.38 bits per heavy atom. The summed E-state index contributed by atoms with van der Waals surface area (Å²) in [6.07, 6.45) is 0. The summed E-state index contributed by atoms with van der Waals surface area (Å²) in [5, 5.41) is 8.86. The lowest BCUT2D eigenvalue weighted by atomic mass is 10.1. The number of rotatable bonds is 4. The van der Waals surface area contributed by atoms with Crippen molar-refractivity contribution in [2.24, 2.45) is 0 Å². The van der Waals surface area contributed by atoms with Gasteiger partial charge in [0, 0.05) is 19.5 Å². The van der Waals surface area contributed by atoms with Crippen molar-refractivity contribution >= 4 is 17.3 Å². The lowest BCUT2D eigenvalue weighted by Gasteiger charge is -2.21. The van der Waals surface area contributed by atoms with Crippen LogP contribution in [0.25, 0.3) is 0 Å². The van der Waals surface area contributed by atoms with E-state index < -0.39 is 11.6 Å². The van der Waals surface area contributed by atoms with Gasteiger partial charge in [0.1, 0.15) is 17.3 Å². The minimum absolute atomic E-state index is 0.0576. The summed E-state index contributed by atoms with van der Waals surface area (Å²) in [6, 6.07) is 11.4. The fourth-order valence-corrected chi connectivity index (χ4v) is 2.31. The van der Waals surface area contributed by atoms with Crippen molar-refractivity contribution in [1.29, 1.82) is 5.26 Å². The molecule has 5 heteroatoms. The quantitative estimate of drug-likeness (QED) is 0.791. The van der Waals surface area contributed by atoms with Crippen LogP contribution in [0.2, 0.25) is 0 Å². The van der Waals surface area contributed by atoms with Gasteiger partial charge in [-0.2, -0.15) is 5.26 Å². The Hall–Kier alpha value is -2.12. The molecule has 108 valence electrons. The van der Waals surface area contributed by atoms with E-state index in [0.717, 1.165) is 5.56 Å². The zero-order valence-electron chi connectivity index (χ0n) is 11.4. The first-order chi connectivity index (χ1) is 10.0. The van der Waals surface area contributed by atoms with Gasteiger partial charge in [0.2, 0.25) is 0 Å². The summed E-state index contributed by atoms with van der Waals surface area (Å²) < 4.78 is 28.0. The van der Waals surface area contributed by atoms with Crippen molar-refractivity contribution in [3.8, 4) is 6.07 Å². The van der Waals surface area contributed by atoms with E-state index in [0.29, 0.717) is 17.7 Å². The fourth-order valence-electron chi connectivity index (χ4n) is 2.15. The molecule has 21 heavy (non-hydrogen) atoms. The molecule has 0 atom stereocenters. The first-order valence-corrected chi connectivity index (χ1v) is 6.82. The number of nitriles is 1. The number of hydrogen-bond acceptors (Lipinski definition) is 2. The van der Waals surface area contributed by atoms with Crippen LogP contribution in [0.5, 0.6) is 0 Å². The van der Waals surface area contributed by atoms with Gasteiger partial charge in [-0.1, -0.05) is 12.1 Å². The molecular weight excluding hydrogens is 294 g/mol. The molecule has 2 nitrogen and oxygen atoms in total. The maximum absolute atomic E-state index is 14.0. The Labute approximate surface area is 127 Å². The Morgan fingerprint density at radius 1 is 1.14 bits per heavy atom. The molecule has 0 spiro atoms. The first-order valence-electron chi connectivity index (χ1n) is 6.29. The van der Waals surface area contributed by atoms with Gasteiger partial charge in [-0.05, 0) is 35.4 Å². The second-order valence-electron chi connectivity index (χ2n) is 4.71. The second-order valence-corrected chi connectivity index (χ2v) is 4.98. The minimum atomic E-state index is -0.649. The third-order valence-corrected chi connectivity index (χ3v) is 3.40. The van der Waals surface area contributed by atoms with E-state index in [1.807, 2.05) is 6.07 Å². The van der Waals surface area contributed by atoms with Crippen molar-refractivity contribution in [3.05, 3.63) is 64.7 Å². The summed E-state index contributed by atoms with van der Waals surface area (Å²) in [6.45, 7) is 0.295. The van der Waals surface area contributed by atoms with Crippen molar-refractivity contribution in [2.75, 3.05) is 11.9 Å². The molecule has 2 aromatic rings. The van der Waals surface area contributed by atoms with E-state index in [1.54, 1.807) is 31.3 Å². The standard InChI is InChI=1S/C16H13ClF2N2/c1-21(10-12-4-2-3-11(5-12)9-20)16-14(18)6-13(8-17)7-15(16)19/h2-7H,8,10H2,1H3. The highest BCUT2D eigenvalue weighted by molar-refractivity contribution is 6.17. The largest absolute Gasteiger partial charge is 0.366 e. The molecule has 0 aliphatic rings. The number of nitrogens with zero attached hydrogens (tertiary/aromatic N) is 2. The Balaban J connectivity index is 2.28. The van der Waals surface area contributed by atoms with Gasteiger partial charge in [0.15, 0.2) is 0 Å². The third kappa shape index (κ3) is 3.50. The van der Waals surface area contributed by atoms with E-state index in [9.17, 15) is 8.78 Å². The third-order valence-electron chi connectivity index (χ3n) is 3.09. The van der Waals surface area contributed by atoms with Crippen LogP contribution in [-0.4, -0.2) is 7.05 Å². The molecule has 0 aromatic heterocycles. The Kier molecular flexibility index (Phi) is 4.77. The SMILES string of the molecule is CN(Cc1cccc(C#N)c1)c1c(F)cc(CCl)cc1F. The van der Waals surface area contributed by atoms with Crippen molar-refractivity contribution in [2.45, 2.75) is 12.4 Å². The van der Waals surface area contributed by atoms with Crippen molar-refractivity contribution < 1.29 is 8.78 Å². The van der Waals surface area contributed by atoms with E-state index in [1.165, 1.54) is 17.0 Å². The fraction of sp³-hybridized carbons (Fsp3) is 0.188. The minimum Gasteiger partial charge on any atom is -0.366 e. The summed E-state index contributed by atoms with van der Waals surface area (Å²) in [4.78, 5) is 1.47. The smallest absolute Gasteiger partial charge is 0.149 e. The average molecular weight is 307 g/mol. The molecule has 0 radical (unpaired) electrons. The number of alkyl halides is 1. The van der Waals surface area contributed by atoms with Gasteiger partial charge in [-0.25, -0.2) is 8.78 Å². The lowest BCUT2D eigenvalue weighted by Crippen LogP contribution is -2.19. The normalized spacial score (nSPS) is 10.2. The molecule has 2 rings (SSSR count). The summed E-state index contributed by atoms with van der Waals surface area (Å²) in [5.41, 5.74) is 1.61. The van der Waals surface area contributed by atoms with Crippen molar-refractivity contribution in [3.63, 3.8) is 0 Å². The maximum Gasteiger partial charge on any atom is 0.149 e. The number of halogens is 3. The van der Waals surface area contributed by atoms with Gasteiger partial charge >= 0.3 is 0 Å². The number of benzene rings is 2.